The number of aliphatic hydroxyl groups excluding tert-OH is 1. The zero-order valence-electron chi connectivity index (χ0n) is 29.3. The molecule has 9 heteroatoms. The van der Waals surface area contributed by atoms with Gasteiger partial charge >= 0.3 is 11.9 Å². The van der Waals surface area contributed by atoms with E-state index in [-0.39, 0.29) is 30.9 Å². The van der Waals surface area contributed by atoms with Gasteiger partial charge in [-0.2, -0.15) is 0 Å². The molecular formula is C38H64N2O7. The van der Waals surface area contributed by atoms with Crippen molar-refractivity contribution in [1.82, 2.24) is 10.6 Å². The number of carboxylic acids is 1. The van der Waals surface area contributed by atoms with Crippen molar-refractivity contribution in [3.63, 3.8) is 0 Å². The van der Waals surface area contributed by atoms with Crippen LogP contribution in [0, 0.1) is 0 Å². The number of rotatable bonds is 31. The second-order valence-corrected chi connectivity index (χ2v) is 11.9. The van der Waals surface area contributed by atoms with Crippen molar-refractivity contribution in [3.8, 4) is 0 Å². The second-order valence-electron chi connectivity index (χ2n) is 11.9. The molecule has 0 aromatic carbocycles. The lowest BCUT2D eigenvalue weighted by atomic mass is 10.1. The average molecular weight is 661 g/mol. The van der Waals surface area contributed by atoms with Crippen LogP contribution in [0.3, 0.4) is 0 Å². The molecule has 0 aromatic heterocycles. The van der Waals surface area contributed by atoms with E-state index in [1.165, 1.54) is 32.1 Å². The molecule has 0 heterocycles. The van der Waals surface area contributed by atoms with E-state index in [0.29, 0.717) is 12.8 Å². The molecule has 0 saturated heterocycles. The van der Waals surface area contributed by atoms with Gasteiger partial charge in [-0.1, -0.05) is 108 Å². The summed E-state index contributed by atoms with van der Waals surface area (Å²) in [6.07, 6.45) is 35.9. The lowest BCUT2D eigenvalue weighted by molar-refractivity contribution is -0.147. The minimum absolute atomic E-state index is 0.147. The Labute approximate surface area is 284 Å². The fraction of sp³-hybridized carbons (Fsp3) is 0.684. The van der Waals surface area contributed by atoms with E-state index in [9.17, 15) is 19.2 Å². The number of hydrogen-bond donors (Lipinski definition) is 4. The van der Waals surface area contributed by atoms with Crippen LogP contribution >= 0.6 is 0 Å². The van der Waals surface area contributed by atoms with Gasteiger partial charge in [0.2, 0.25) is 11.8 Å². The predicted molar refractivity (Wildman–Crippen MR) is 190 cm³/mol. The third kappa shape index (κ3) is 29.9. The molecule has 0 saturated carbocycles. The highest BCUT2D eigenvalue weighted by atomic mass is 16.5. The Hall–Kier alpha value is -3.20. The molecule has 2 atom stereocenters. The van der Waals surface area contributed by atoms with Gasteiger partial charge in [0, 0.05) is 12.8 Å². The SMILES string of the molecule is CCC/C=C\C/C=C\CCCCCCCC(=O)OC(/C=C\C/C=C\CCCC)CCCCCCC(=O)NCC(=O)NC(CO)C(=O)O. The molecule has 9 nitrogen and oxygen atoms in total. The van der Waals surface area contributed by atoms with E-state index in [0.717, 1.165) is 77.0 Å². The molecule has 0 rings (SSSR count). The van der Waals surface area contributed by atoms with E-state index in [4.69, 9.17) is 14.9 Å². The number of ether oxygens (including phenoxy) is 1. The summed E-state index contributed by atoms with van der Waals surface area (Å²) in [7, 11) is 0. The number of carbonyl (C=O) groups is 4. The lowest BCUT2D eigenvalue weighted by Gasteiger charge is -2.15. The van der Waals surface area contributed by atoms with Crippen LogP contribution in [0.5, 0.6) is 0 Å². The molecule has 47 heavy (non-hydrogen) atoms. The zero-order chi connectivity index (χ0) is 34.8. The van der Waals surface area contributed by atoms with Crippen LogP contribution in [0.25, 0.3) is 0 Å². The number of aliphatic hydroxyl groups is 1. The van der Waals surface area contributed by atoms with Crippen LogP contribution in [-0.2, 0) is 23.9 Å². The predicted octanol–water partition coefficient (Wildman–Crippen LogP) is 7.64. The van der Waals surface area contributed by atoms with Crippen LogP contribution < -0.4 is 10.6 Å². The normalized spacial score (nSPS) is 13.1. The van der Waals surface area contributed by atoms with E-state index in [1.807, 2.05) is 6.08 Å². The van der Waals surface area contributed by atoms with Gasteiger partial charge in [-0.05, 0) is 70.3 Å². The summed E-state index contributed by atoms with van der Waals surface area (Å²) in [5, 5.41) is 22.4. The van der Waals surface area contributed by atoms with Crippen LogP contribution in [-0.4, -0.2) is 59.3 Å². The third-order valence-corrected chi connectivity index (χ3v) is 7.51. The molecule has 0 aromatic rings. The Kier molecular flexibility index (Phi) is 30.5. The van der Waals surface area contributed by atoms with Crippen molar-refractivity contribution in [3.05, 3.63) is 48.6 Å². The summed E-state index contributed by atoms with van der Waals surface area (Å²) < 4.78 is 5.83. The Morgan fingerprint density at radius 3 is 1.91 bits per heavy atom. The number of aliphatic carboxylic acids is 1. The summed E-state index contributed by atoms with van der Waals surface area (Å²) in [5.41, 5.74) is 0. The fourth-order valence-electron chi connectivity index (χ4n) is 4.69. The molecule has 4 N–H and O–H groups in total. The monoisotopic (exact) mass is 660 g/mol. The molecule has 0 spiro atoms. The Balaban J connectivity index is 4.34. The lowest BCUT2D eigenvalue weighted by Crippen LogP contribution is -2.47. The summed E-state index contributed by atoms with van der Waals surface area (Å²) in [4.78, 5) is 47.2. The smallest absolute Gasteiger partial charge is 0.328 e. The first-order valence-electron chi connectivity index (χ1n) is 18.0. The molecule has 0 radical (unpaired) electrons. The molecular weight excluding hydrogens is 596 g/mol. The Morgan fingerprint density at radius 2 is 1.26 bits per heavy atom. The van der Waals surface area contributed by atoms with Gasteiger partial charge in [0.05, 0.1) is 13.2 Å². The van der Waals surface area contributed by atoms with Crippen LogP contribution in [0.15, 0.2) is 48.6 Å². The van der Waals surface area contributed by atoms with Crippen molar-refractivity contribution in [2.45, 2.75) is 154 Å². The summed E-state index contributed by atoms with van der Waals surface area (Å²) in [5.74, 6) is -2.45. The summed E-state index contributed by atoms with van der Waals surface area (Å²) >= 11 is 0. The molecule has 268 valence electrons. The zero-order valence-corrected chi connectivity index (χ0v) is 29.3. The minimum atomic E-state index is -1.39. The van der Waals surface area contributed by atoms with Crippen LogP contribution in [0.2, 0.25) is 0 Å². The summed E-state index contributed by atoms with van der Waals surface area (Å²) in [6.45, 7) is 3.30. The molecule has 2 amide bonds. The molecule has 0 aliphatic rings. The van der Waals surface area contributed by atoms with Crippen molar-refractivity contribution >= 4 is 23.8 Å². The maximum absolute atomic E-state index is 12.6. The first kappa shape index (κ1) is 43.8. The number of unbranched alkanes of at least 4 members (excludes halogenated alkanes) is 11. The van der Waals surface area contributed by atoms with Gasteiger partial charge in [0.15, 0.2) is 0 Å². The quantitative estimate of drug-likeness (QED) is 0.0340. The first-order valence-corrected chi connectivity index (χ1v) is 18.0. The van der Waals surface area contributed by atoms with E-state index < -0.39 is 24.5 Å². The summed E-state index contributed by atoms with van der Waals surface area (Å²) in [6, 6.07) is -1.39. The van der Waals surface area contributed by atoms with E-state index in [1.54, 1.807) is 0 Å². The van der Waals surface area contributed by atoms with Gasteiger partial charge in [0.1, 0.15) is 12.1 Å². The Bertz CT molecular complexity index is 942. The standard InChI is InChI=1S/C38H64N2O7/c1-3-5-7-9-11-12-13-14-15-16-18-20-26-30-37(44)47-33(27-23-19-17-10-8-6-4-2)28-24-21-22-25-29-35(42)39-31-36(43)40-34(32-41)38(45)46/h7,9-10,12-13,17,23,27,33-34,41H,3-6,8,11,14-16,18-22,24-26,28-32H2,1-2H3,(H,39,42)(H,40,43)(H,45,46)/b9-7-,13-12-,17-10-,27-23-. The number of hydrogen-bond acceptors (Lipinski definition) is 6. The largest absolute Gasteiger partial charge is 0.480 e. The van der Waals surface area contributed by atoms with Crippen molar-refractivity contribution in [2.24, 2.45) is 0 Å². The maximum Gasteiger partial charge on any atom is 0.328 e. The molecule has 2 unspecified atom stereocenters. The van der Waals surface area contributed by atoms with Gasteiger partial charge in [-0.15, -0.1) is 0 Å². The van der Waals surface area contributed by atoms with Crippen LogP contribution in [0.4, 0.5) is 0 Å². The number of nitrogens with one attached hydrogen (secondary N) is 2. The second kappa shape index (κ2) is 32.7. The fourth-order valence-corrected chi connectivity index (χ4v) is 4.69. The number of esters is 1. The number of carbonyl (C=O) groups excluding carboxylic acids is 3. The van der Waals surface area contributed by atoms with Crippen molar-refractivity contribution in [2.75, 3.05) is 13.2 Å². The number of allylic oxidation sites excluding steroid dienone is 7. The van der Waals surface area contributed by atoms with E-state index >= 15 is 0 Å². The topological polar surface area (TPSA) is 142 Å². The average Bonchev–Trinajstić information content (AvgIpc) is 3.05. The van der Waals surface area contributed by atoms with Gasteiger partial charge in [-0.3, -0.25) is 14.4 Å². The van der Waals surface area contributed by atoms with Gasteiger partial charge in [-0.25, -0.2) is 4.79 Å². The molecule has 0 aliphatic heterocycles. The molecule has 0 aliphatic carbocycles. The third-order valence-electron chi connectivity index (χ3n) is 7.51. The maximum atomic E-state index is 12.6. The first-order chi connectivity index (χ1) is 22.8. The molecule has 0 fully saturated rings. The van der Waals surface area contributed by atoms with Crippen molar-refractivity contribution < 1.29 is 34.1 Å². The number of amides is 2. The highest BCUT2D eigenvalue weighted by Crippen LogP contribution is 2.14. The minimum Gasteiger partial charge on any atom is -0.480 e. The highest BCUT2D eigenvalue weighted by Gasteiger charge is 2.18. The van der Waals surface area contributed by atoms with Crippen LogP contribution in [0.1, 0.15) is 142 Å². The van der Waals surface area contributed by atoms with E-state index in [2.05, 4.69) is 67.0 Å². The van der Waals surface area contributed by atoms with Gasteiger partial charge < -0.3 is 25.6 Å². The molecule has 0 bridgehead atoms. The van der Waals surface area contributed by atoms with Gasteiger partial charge in [0.25, 0.3) is 0 Å². The number of carboxylic acid groups (broad SMARTS) is 1. The highest BCUT2D eigenvalue weighted by molar-refractivity contribution is 5.87. The Morgan fingerprint density at radius 1 is 0.660 bits per heavy atom. The van der Waals surface area contributed by atoms with Crippen molar-refractivity contribution in [1.29, 1.82) is 0 Å².